The minimum atomic E-state index is -0.887. The van der Waals surface area contributed by atoms with Gasteiger partial charge >= 0.3 is 5.97 Å². The Labute approximate surface area is 130 Å². The van der Waals surface area contributed by atoms with Crippen LogP contribution in [-0.2, 0) is 9.53 Å². The average molecular weight is 300 g/mol. The summed E-state index contributed by atoms with van der Waals surface area (Å²) >= 11 is 0. The van der Waals surface area contributed by atoms with E-state index in [1.165, 1.54) is 0 Å². The highest BCUT2D eigenvalue weighted by molar-refractivity contribution is 5.92. The van der Waals surface area contributed by atoms with Crippen LogP contribution >= 0.6 is 0 Å². The molecule has 1 aliphatic carbocycles. The van der Waals surface area contributed by atoms with Gasteiger partial charge in [-0.1, -0.05) is 42.0 Å². The highest BCUT2D eigenvalue weighted by Crippen LogP contribution is 2.39. The topological polar surface area (TPSA) is 66.8 Å². The van der Waals surface area contributed by atoms with Crippen LogP contribution in [0.4, 0.5) is 0 Å². The highest BCUT2D eigenvalue weighted by Gasteiger charge is 2.30. The molecule has 0 aliphatic heterocycles. The van der Waals surface area contributed by atoms with Gasteiger partial charge in [0.05, 0.1) is 6.61 Å². The third-order valence-corrected chi connectivity index (χ3v) is 3.48. The van der Waals surface area contributed by atoms with Crippen LogP contribution in [0, 0.1) is 5.92 Å². The van der Waals surface area contributed by atoms with Gasteiger partial charge in [-0.05, 0) is 31.1 Å². The molecule has 1 aromatic rings. The number of allylic oxidation sites excluding steroid dienone is 3. The largest absolute Gasteiger partial charge is 0.491 e. The molecule has 1 unspecified atom stereocenters. The van der Waals surface area contributed by atoms with E-state index in [1.807, 2.05) is 44.2 Å². The van der Waals surface area contributed by atoms with Gasteiger partial charge in [0.25, 0.3) is 0 Å². The van der Waals surface area contributed by atoms with E-state index < -0.39 is 11.9 Å². The number of hydrogen-bond acceptors (Lipinski definition) is 3. The molecule has 2 N–H and O–H groups in total. The summed E-state index contributed by atoms with van der Waals surface area (Å²) in [5, 5.41) is 18.5. The van der Waals surface area contributed by atoms with Crippen molar-refractivity contribution >= 4 is 11.5 Å². The van der Waals surface area contributed by atoms with E-state index in [2.05, 4.69) is 0 Å². The number of aliphatic carboxylic acids is 1. The molecule has 4 nitrogen and oxygen atoms in total. The first-order valence-corrected chi connectivity index (χ1v) is 7.18. The number of carboxylic acid groups (broad SMARTS) is 1. The van der Waals surface area contributed by atoms with Crippen molar-refractivity contribution in [3.05, 3.63) is 65.0 Å². The fraction of sp³-hybridized carbons (Fsp3) is 0.278. The van der Waals surface area contributed by atoms with E-state index >= 15 is 0 Å². The Morgan fingerprint density at radius 2 is 1.91 bits per heavy atom. The molecule has 0 heterocycles. The zero-order valence-electron chi connectivity index (χ0n) is 12.7. The second kappa shape index (κ2) is 7.09. The molecule has 0 bridgehead atoms. The molecule has 116 valence electrons. The summed E-state index contributed by atoms with van der Waals surface area (Å²) < 4.78 is 5.62. The van der Waals surface area contributed by atoms with Crippen LogP contribution in [0.5, 0.6) is 0 Å². The predicted molar refractivity (Wildman–Crippen MR) is 85.0 cm³/mol. The van der Waals surface area contributed by atoms with E-state index in [0.29, 0.717) is 5.76 Å². The van der Waals surface area contributed by atoms with Crippen LogP contribution < -0.4 is 0 Å². The van der Waals surface area contributed by atoms with Crippen molar-refractivity contribution in [2.45, 2.75) is 13.8 Å². The lowest BCUT2D eigenvalue weighted by Gasteiger charge is -2.25. The van der Waals surface area contributed by atoms with Gasteiger partial charge in [-0.3, -0.25) is 4.79 Å². The number of hydrogen-bond donors (Lipinski definition) is 2. The Hall–Kier alpha value is -2.33. The number of carbonyl (C=O) groups is 1. The molecule has 0 saturated heterocycles. The van der Waals surface area contributed by atoms with E-state index in [0.717, 1.165) is 22.3 Å². The smallest absolute Gasteiger partial charge is 0.314 e. The summed E-state index contributed by atoms with van der Waals surface area (Å²) in [5.74, 6) is -0.988. The van der Waals surface area contributed by atoms with Gasteiger partial charge in [-0.2, -0.15) is 0 Å². The zero-order valence-corrected chi connectivity index (χ0v) is 12.7. The van der Waals surface area contributed by atoms with E-state index in [9.17, 15) is 9.90 Å². The van der Waals surface area contributed by atoms with Gasteiger partial charge in [0.15, 0.2) is 0 Å². The molecule has 0 aromatic heterocycles. The molecule has 4 heteroatoms. The summed E-state index contributed by atoms with van der Waals surface area (Å²) in [6.45, 7) is 3.88. The van der Waals surface area contributed by atoms with E-state index in [4.69, 9.17) is 9.84 Å². The van der Waals surface area contributed by atoms with Crippen molar-refractivity contribution in [3.63, 3.8) is 0 Å². The molecule has 2 rings (SSSR count). The second-order valence-electron chi connectivity index (χ2n) is 5.27. The Morgan fingerprint density at radius 3 is 2.45 bits per heavy atom. The normalized spacial score (nSPS) is 17.6. The molecule has 1 aliphatic rings. The average Bonchev–Trinajstić information content (AvgIpc) is 2.52. The number of aliphatic hydroxyl groups excluding tert-OH is 1. The van der Waals surface area contributed by atoms with Gasteiger partial charge in [0.2, 0.25) is 0 Å². The lowest BCUT2D eigenvalue weighted by molar-refractivity contribution is -0.138. The summed E-state index contributed by atoms with van der Waals surface area (Å²) in [7, 11) is 0. The van der Waals surface area contributed by atoms with Crippen molar-refractivity contribution in [1.29, 1.82) is 0 Å². The summed E-state index contributed by atoms with van der Waals surface area (Å²) in [5.41, 5.74) is 3.36. The maximum Gasteiger partial charge on any atom is 0.314 e. The molecule has 0 amide bonds. The Bertz CT molecular complexity index is 634. The molecule has 1 atom stereocenters. The van der Waals surface area contributed by atoms with Crippen molar-refractivity contribution < 1.29 is 19.7 Å². The van der Waals surface area contributed by atoms with Crippen LogP contribution in [-0.4, -0.2) is 29.4 Å². The minimum absolute atomic E-state index is 0.0913. The quantitative estimate of drug-likeness (QED) is 0.877. The predicted octanol–water partition coefficient (Wildman–Crippen LogP) is 3.01. The fourth-order valence-corrected chi connectivity index (χ4v) is 2.60. The number of carboxylic acids is 1. The van der Waals surface area contributed by atoms with Crippen molar-refractivity contribution in [2.24, 2.45) is 5.92 Å². The summed E-state index contributed by atoms with van der Waals surface area (Å²) in [6.07, 6.45) is 3.31. The molecular formula is C18H20O4. The number of ether oxygens (including phenoxy) is 1. The standard InChI is InChI=1S/C18H20O4/c1-12(2)16-14(18(20)21)8-9-15(22-11-10-19)17(16)13-6-4-3-5-7-13/h3-9,14,19H,10-11H2,1-2H3,(H,20,21). The van der Waals surface area contributed by atoms with Crippen molar-refractivity contribution in [1.82, 2.24) is 0 Å². The van der Waals surface area contributed by atoms with E-state index in [1.54, 1.807) is 12.2 Å². The van der Waals surface area contributed by atoms with Crippen LogP contribution in [0.2, 0.25) is 0 Å². The van der Waals surface area contributed by atoms with E-state index in [-0.39, 0.29) is 13.2 Å². The van der Waals surface area contributed by atoms with Crippen LogP contribution in [0.3, 0.4) is 0 Å². The lowest BCUT2D eigenvalue weighted by Crippen LogP contribution is -2.20. The minimum Gasteiger partial charge on any atom is -0.491 e. The van der Waals surface area contributed by atoms with Gasteiger partial charge in [0, 0.05) is 5.57 Å². The number of benzene rings is 1. The maximum absolute atomic E-state index is 11.6. The maximum atomic E-state index is 11.6. The summed E-state index contributed by atoms with van der Waals surface area (Å²) in [4.78, 5) is 11.6. The SMILES string of the molecule is CC(C)=C1C(c2ccccc2)=C(OCCO)C=CC1C(=O)O. The van der Waals surface area contributed by atoms with Crippen molar-refractivity contribution in [3.8, 4) is 0 Å². The molecule has 0 saturated carbocycles. The van der Waals surface area contributed by atoms with Crippen LogP contribution in [0.15, 0.2) is 59.4 Å². The molecule has 0 spiro atoms. The number of aliphatic hydroxyl groups is 1. The first-order chi connectivity index (χ1) is 10.6. The first kappa shape index (κ1) is 16.0. The Balaban J connectivity index is 2.62. The molecule has 1 aromatic carbocycles. The van der Waals surface area contributed by atoms with Gasteiger partial charge in [-0.25, -0.2) is 0 Å². The fourth-order valence-electron chi connectivity index (χ4n) is 2.60. The lowest BCUT2D eigenvalue weighted by atomic mass is 9.81. The Kier molecular flexibility index (Phi) is 5.17. The van der Waals surface area contributed by atoms with Gasteiger partial charge in [0.1, 0.15) is 18.3 Å². The molecular weight excluding hydrogens is 280 g/mol. The Morgan fingerprint density at radius 1 is 1.23 bits per heavy atom. The molecule has 22 heavy (non-hydrogen) atoms. The zero-order chi connectivity index (χ0) is 16.1. The molecule has 0 fully saturated rings. The van der Waals surface area contributed by atoms with Gasteiger partial charge < -0.3 is 14.9 Å². The third-order valence-electron chi connectivity index (χ3n) is 3.48. The molecule has 0 radical (unpaired) electrons. The third kappa shape index (κ3) is 3.28. The summed E-state index contributed by atoms with van der Waals surface area (Å²) in [6, 6.07) is 9.58. The monoisotopic (exact) mass is 300 g/mol. The number of rotatable bonds is 5. The van der Waals surface area contributed by atoms with Crippen molar-refractivity contribution in [2.75, 3.05) is 13.2 Å². The first-order valence-electron chi connectivity index (χ1n) is 7.18. The van der Waals surface area contributed by atoms with Crippen LogP contribution in [0.25, 0.3) is 5.57 Å². The van der Waals surface area contributed by atoms with Gasteiger partial charge in [-0.15, -0.1) is 0 Å². The van der Waals surface area contributed by atoms with Crippen LogP contribution in [0.1, 0.15) is 19.4 Å². The second-order valence-corrected chi connectivity index (χ2v) is 5.27. The highest BCUT2D eigenvalue weighted by atomic mass is 16.5.